The normalized spacial score (nSPS) is 12.6. The van der Waals surface area contributed by atoms with Crippen LogP contribution < -0.4 is 5.73 Å². The van der Waals surface area contributed by atoms with E-state index in [-0.39, 0.29) is 11.9 Å². The van der Waals surface area contributed by atoms with Gasteiger partial charge in [-0.2, -0.15) is 0 Å². The van der Waals surface area contributed by atoms with Crippen LogP contribution in [0.2, 0.25) is 0 Å². The molecule has 0 amide bonds. The molecule has 106 valence electrons. The van der Waals surface area contributed by atoms with Gasteiger partial charge in [0.1, 0.15) is 5.82 Å². The fourth-order valence-corrected chi connectivity index (χ4v) is 3.26. The molecular formula is C18H15BrFN. The quantitative estimate of drug-likeness (QED) is 0.688. The highest BCUT2D eigenvalue weighted by Crippen LogP contribution is 2.32. The monoisotopic (exact) mass is 343 g/mol. The largest absolute Gasteiger partial charge is 0.320 e. The summed E-state index contributed by atoms with van der Waals surface area (Å²) in [5, 5.41) is 2.34. The van der Waals surface area contributed by atoms with Gasteiger partial charge in [0, 0.05) is 4.47 Å². The van der Waals surface area contributed by atoms with Crippen molar-refractivity contribution in [1.29, 1.82) is 0 Å². The predicted molar refractivity (Wildman–Crippen MR) is 88.8 cm³/mol. The topological polar surface area (TPSA) is 26.0 Å². The number of halogens is 2. The number of rotatable bonds is 2. The summed E-state index contributed by atoms with van der Waals surface area (Å²) in [6.07, 6.45) is 0. The maximum atomic E-state index is 13.2. The maximum Gasteiger partial charge on any atom is 0.124 e. The molecule has 0 aliphatic heterocycles. The highest BCUT2D eigenvalue weighted by Gasteiger charge is 2.15. The van der Waals surface area contributed by atoms with Crippen LogP contribution >= 0.6 is 15.9 Å². The van der Waals surface area contributed by atoms with Gasteiger partial charge in [-0.3, -0.25) is 0 Å². The van der Waals surface area contributed by atoms with E-state index >= 15 is 0 Å². The molecule has 0 heterocycles. The molecule has 0 fully saturated rings. The molecule has 0 aromatic heterocycles. The van der Waals surface area contributed by atoms with Crippen molar-refractivity contribution in [2.75, 3.05) is 0 Å². The molecule has 21 heavy (non-hydrogen) atoms. The lowest BCUT2D eigenvalue weighted by Gasteiger charge is -2.17. The van der Waals surface area contributed by atoms with Gasteiger partial charge < -0.3 is 5.73 Å². The first-order valence-electron chi connectivity index (χ1n) is 6.76. The average Bonchev–Trinajstić information content (AvgIpc) is 2.47. The van der Waals surface area contributed by atoms with Crippen LogP contribution in [0.4, 0.5) is 4.39 Å². The number of fused-ring (bicyclic) bond motifs is 1. The number of benzene rings is 3. The van der Waals surface area contributed by atoms with Crippen LogP contribution in [0.3, 0.4) is 0 Å². The van der Waals surface area contributed by atoms with Crippen molar-refractivity contribution in [3.63, 3.8) is 0 Å². The summed E-state index contributed by atoms with van der Waals surface area (Å²) in [6.45, 7) is 2.09. The molecule has 0 aliphatic carbocycles. The van der Waals surface area contributed by atoms with Gasteiger partial charge in [-0.15, -0.1) is 0 Å². The number of hydrogen-bond acceptors (Lipinski definition) is 1. The Hall–Kier alpha value is -1.71. The summed E-state index contributed by atoms with van der Waals surface area (Å²) in [5.74, 6) is -0.272. The summed E-state index contributed by atoms with van der Waals surface area (Å²) in [5.41, 5.74) is 9.58. The van der Waals surface area contributed by atoms with Crippen molar-refractivity contribution in [3.8, 4) is 0 Å². The SMILES string of the molecule is Cc1ccc(C(N)c2ccc(F)cc2Br)c2ccccc12. The van der Waals surface area contributed by atoms with Gasteiger partial charge in [0.25, 0.3) is 0 Å². The molecule has 0 spiro atoms. The zero-order chi connectivity index (χ0) is 15.0. The summed E-state index contributed by atoms with van der Waals surface area (Å²) in [7, 11) is 0. The highest BCUT2D eigenvalue weighted by atomic mass is 79.9. The standard InChI is InChI=1S/C18H15BrFN/c1-11-6-8-15(14-5-3-2-4-13(11)14)18(21)16-9-7-12(20)10-17(16)19/h2-10,18H,21H2,1H3. The maximum absolute atomic E-state index is 13.2. The molecule has 2 N–H and O–H groups in total. The fourth-order valence-electron chi connectivity index (χ4n) is 2.67. The van der Waals surface area contributed by atoms with E-state index in [0.29, 0.717) is 4.47 Å². The molecule has 3 aromatic rings. The first kappa shape index (κ1) is 14.2. The van der Waals surface area contributed by atoms with Crippen molar-refractivity contribution in [2.45, 2.75) is 13.0 Å². The van der Waals surface area contributed by atoms with E-state index in [4.69, 9.17) is 5.73 Å². The summed E-state index contributed by atoms with van der Waals surface area (Å²) < 4.78 is 13.9. The van der Waals surface area contributed by atoms with Crippen LogP contribution in [0, 0.1) is 12.7 Å². The number of nitrogens with two attached hydrogens (primary N) is 1. The second kappa shape index (κ2) is 5.58. The van der Waals surface area contributed by atoms with Gasteiger partial charge >= 0.3 is 0 Å². The van der Waals surface area contributed by atoms with E-state index < -0.39 is 0 Å². The minimum Gasteiger partial charge on any atom is -0.320 e. The highest BCUT2D eigenvalue weighted by molar-refractivity contribution is 9.10. The summed E-state index contributed by atoms with van der Waals surface area (Å²) in [6, 6.07) is 16.7. The van der Waals surface area contributed by atoms with Crippen molar-refractivity contribution >= 4 is 26.7 Å². The molecule has 1 atom stereocenters. The Morgan fingerprint density at radius 2 is 1.62 bits per heavy atom. The third-order valence-corrected chi connectivity index (χ3v) is 4.50. The first-order valence-corrected chi connectivity index (χ1v) is 7.56. The van der Waals surface area contributed by atoms with Crippen LogP contribution in [-0.4, -0.2) is 0 Å². The minimum absolute atomic E-state index is 0.272. The van der Waals surface area contributed by atoms with Crippen LogP contribution in [0.15, 0.2) is 59.1 Å². The Labute approximate surface area is 131 Å². The Balaban J connectivity index is 2.18. The zero-order valence-corrected chi connectivity index (χ0v) is 13.2. The Morgan fingerprint density at radius 3 is 2.33 bits per heavy atom. The molecule has 0 saturated carbocycles. The molecule has 3 heteroatoms. The predicted octanol–water partition coefficient (Wildman–Crippen LogP) is 5.10. The average molecular weight is 344 g/mol. The van der Waals surface area contributed by atoms with Crippen LogP contribution in [0.1, 0.15) is 22.7 Å². The van der Waals surface area contributed by atoms with Gasteiger partial charge in [-0.1, -0.05) is 58.4 Å². The molecule has 0 radical (unpaired) electrons. The van der Waals surface area contributed by atoms with Crippen LogP contribution in [-0.2, 0) is 0 Å². The van der Waals surface area contributed by atoms with Crippen LogP contribution in [0.25, 0.3) is 10.8 Å². The van der Waals surface area contributed by atoms with E-state index in [9.17, 15) is 4.39 Å². The van der Waals surface area contributed by atoms with Crippen LogP contribution in [0.5, 0.6) is 0 Å². The number of aryl methyl sites for hydroxylation is 1. The van der Waals surface area contributed by atoms with Crippen molar-refractivity contribution in [1.82, 2.24) is 0 Å². The van der Waals surface area contributed by atoms with E-state index in [2.05, 4.69) is 47.1 Å². The number of hydrogen-bond donors (Lipinski definition) is 1. The smallest absolute Gasteiger partial charge is 0.124 e. The Kier molecular flexibility index (Phi) is 3.79. The molecule has 3 aromatic carbocycles. The summed E-state index contributed by atoms with van der Waals surface area (Å²) in [4.78, 5) is 0. The fraction of sp³-hybridized carbons (Fsp3) is 0.111. The van der Waals surface area contributed by atoms with Crippen molar-refractivity contribution in [2.24, 2.45) is 5.73 Å². The Bertz CT molecular complexity index is 813. The molecule has 3 rings (SSSR count). The zero-order valence-electron chi connectivity index (χ0n) is 11.6. The second-order valence-electron chi connectivity index (χ2n) is 5.16. The lowest BCUT2D eigenvalue weighted by atomic mass is 9.92. The third kappa shape index (κ3) is 2.59. The Morgan fingerprint density at radius 1 is 0.952 bits per heavy atom. The molecule has 1 unspecified atom stereocenters. The second-order valence-corrected chi connectivity index (χ2v) is 6.02. The molecule has 0 saturated heterocycles. The molecule has 1 nitrogen and oxygen atoms in total. The molecule has 0 aliphatic rings. The molecule has 0 bridgehead atoms. The van der Waals surface area contributed by atoms with Gasteiger partial charge in [0.05, 0.1) is 6.04 Å². The van der Waals surface area contributed by atoms with Gasteiger partial charge in [0.15, 0.2) is 0 Å². The first-order chi connectivity index (χ1) is 10.1. The van der Waals surface area contributed by atoms with E-state index in [1.807, 2.05) is 12.1 Å². The van der Waals surface area contributed by atoms with Gasteiger partial charge in [0.2, 0.25) is 0 Å². The van der Waals surface area contributed by atoms with Crippen molar-refractivity contribution in [3.05, 3.63) is 81.6 Å². The van der Waals surface area contributed by atoms with E-state index in [0.717, 1.165) is 16.5 Å². The molecular weight excluding hydrogens is 329 g/mol. The van der Waals surface area contributed by atoms with E-state index in [1.165, 1.54) is 23.1 Å². The van der Waals surface area contributed by atoms with Crippen molar-refractivity contribution < 1.29 is 4.39 Å². The third-order valence-electron chi connectivity index (χ3n) is 3.81. The van der Waals surface area contributed by atoms with E-state index in [1.54, 1.807) is 6.07 Å². The lowest BCUT2D eigenvalue weighted by molar-refractivity contribution is 0.625. The summed E-state index contributed by atoms with van der Waals surface area (Å²) >= 11 is 3.40. The lowest BCUT2D eigenvalue weighted by Crippen LogP contribution is -2.13. The minimum atomic E-state index is -0.300. The van der Waals surface area contributed by atoms with Gasteiger partial charge in [-0.05, 0) is 46.5 Å². The van der Waals surface area contributed by atoms with Gasteiger partial charge in [-0.25, -0.2) is 4.39 Å².